The highest BCUT2D eigenvalue weighted by atomic mass is 16.5. The molecular weight excluding hydrogens is 482 g/mol. The van der Waals surface area contributed by atoms with Gasteiger partial charge in [-0.2, -0.15) is 10.4 Å². The van der Waals surface area contributed by atoms with E-state index in [1.165, 1.54) is 0 Å². The van der Waals surface area contributed by atoms with Crippen molar-refractivity contribution in [1.82, 2.24) is 24.5 Å². The van der Waals surface area contributed by atoms with E-state index >= 15 is 0 Å². The van der Waals surface area contributed by atoms with Crippen LogP contribution in [0.2, 0.25) is 0 Å². The molecular formula is C28H31N7O3. The Hall–Kier alpha value is -4.20. The molecule has 0 spiro atoms. The van der Waals surface area contributed by atoms with Crippen LogP contribution in [0.15, 0.2) is 55.1 Å². The van der Waals surface area contributed by atoms with E-state index in [4.69, 9.17) is 14.5 Å². The Bertz CT molecular complexity index is 1410. The van der Waals surface area contributed by atoms with E-state index in [2.05, 4.69) is 26.0 Å². The molecule has 38 heavy (non-hydrogen) atoms. The van der Waals surface area contributed by atoms with E-state index in [0.717, 1.165) is 61.1 Å². The predicted molar refractivity (Wildman–Crippen MR) is 143 cm³/mol. The van der Waals surface area contributed by atoms with Gasteiger partial charge in [0.2, 0.25) is 0 Å². The molecule has 196 valence electrons. The molecule has 1 unspecified atom stereocenters. The smallest absolute Gasteiger partial charge is 0.138 e. The van der Waals surface area contributed by atoms with Crippen molar-refractivity contribution in [1.29, 1.82) is 5.26 Å². The molecule has 0 aromatic carbocycles. The normalized spacial score (nSPS) is 14.8. The van der Waals surface area contributed by atoms with Gasteiger partial charge >= 0.3 is 0 Å². The first kappa shape index (κ1) is 25.4. The van der Waals surface area contributed by atoms with E-state index in [-0.39, 0.29) is 6.61 Å². The maximum absolute atomic E-state index is 9.91. The summed E-state index contributed by atoms with van der Waals surface area (Å²) in [5.41, 5.74) is 3.87. The predicted octanol–water partition coefficient (Wildman–Crippen LogP) is 3.14. The Morgan fingerprint density at radius 2 is 1.89 bits per heavy atom. The molecule has 4 aromatic rings. The van der Waals surface area contributed by atoms with E-state index in [0.29, 0.717) is 23.3 Å². The van der Waals surface area contributed by atoms with Crippen molar-refractivity contribution in [3.8, 4) is 28.7 Å². The zero-order chi connectivity index (χ0) is 26.5. The van der Waals surface area contributed by atoms with Gasteiger partial charge in [0.15, 0.2) is 0 Å². The van der Waals surface area contributed by atoms with E-state index in [9.17, 15) is 10.4 Å². The SMILES string of the molecule is CCC(O)COc1cc(-c2ccc(N3CCN(Cc4ccc(OC)cn4)CC3)nc2)c2c(C#N)cnn2c1. The topological polar surface area (TPSA) is 112 Å². The number of piperazine rings is 1. The average Bonchev–Trinajstić information content (AvgIpc) is 3.39. The maximum atomic E-state index is 9.91. The number of aromatic nitrogens is 4. The number of aliphatic hydroxyl groups excluding tert-OH is 1. The highest BCUT2D eigenvalue weighted by Crippen LogP contribution is 2.31. The molecule has 0 bridgehead atoms. The first-order valence-corrected chi connectivity index (χ1v) is 12.7. The highest BCUT2D eigenvalue weighted by Gasteiger charge is 2.20. The van der Waals surface area contributed by atoms with E-state index < -0.39 is 6.10 Å². The number of hydrogen-bond acceptors (Lipinski definition) is 9. The van der Waals surface area contributed by atoms with Crippen molar-refractivity contribution >= 4 is 11.3 Å². The highest BCUT2D eigenvalue weighted by molar-refractivity contribution is 5.85. The van der Waals surface area contributed by atoms with Crippen LogP contribution in [0.4, 0.5) is 5.82 Å². The quantitative estimate of drug-likeness (QED) is 0.361. The Labute approximate surface area is 221 Å². The minimum Gasteiger partial charge on any atom is -0.495 e. The van der Waals surface area contributed by atoms with Gasteiger partial charge in [0.05, 0.1) is 48.6 Å². The monoisotopic (exact) mass is 513 g/mol. The maximum Gasteiger partial charge on any atom is 0.138 e. The fourth-order valence-electron chi connectivity index (χ4n) is 4.51. The minimum atomic E-state index is -0.546. The van der Waals surface area contributed by atoms with Crippen LogP contribution in [0, 0.1) is 11.3 Å². The zero-order valence-electron chi connectivity index (χ0n) is 21.6. The summed E-state index contributed by atoms with van der Waals surface area (Å²) in [6.45, 7) is 6.48. The third-order valence-electron chi connectivity index (χ3n) is 6.79. The zero-order valence-corrected chi connectivity index (χ0v) is 21.6. The fraction of sp³-hybridized carbons (Fsp3) is 0.357. The summed E-state index contributed by atoms with van der Waals surface area (Å²) in [6.07, 6.45) is 6.92. The number of hydrogen-bond donors (Lipinski definition) is 1. The molecule has 1 saturated heterocycles. The molecule has 1 N–H and O–H groups in total. The van der Waals surface area contributed by atoms with E-state index in [1.54, 1.807) is 30.2 Å². The van der Waals surface area contributed by atoms with Gasteiger partial charge in [-0.05, 0) is 36.8 Å². The van der Waals surface area contributed by atoms with E-state index in [1.807, 2.05) is 43.5 Å². The van der Waals surface area contributed by atoms with Crippen LogP contribution in [-0.2, 0) is 6.54 Å². The third-order valence-corrected chi connectivity index (χ3v) is 6.79. The van der Waals surface area contributed by atoms with Crippen molar-refractivity contribution in [3.63, 3.8) is 0 Å². The number of aliphatic hydroxyl groups is 1. The Morgan fingerprint density at radius 3 is 2.55 bits per heavy atom. The molecule has 0 radical (unpaired) electrons. The molecule has 4 aromatic heterocycles. The summed E-state index contributed by atoms with van der Waals surface area (Å²) in [4.78, 5) is 13.9. The molecule has 0 saturated carbocycles. The van der Waals surface area contributed by atoms with Crippen LogP contribution in [0.5, 0.6) is 11.5 Å². The van der Waals surface area contributed by atoms with Gasteiger partial charge in [0, 0.05) is 50.0 Å². The number of nitrogens with zero attached hydrogens (tertiary/aromatic N) is 7. The van der Waals surface area contributed by atoms with Crippen LogP contribution >= 0.6 is 0 Å². The Morgan fingerprint density at radius 1 is 1.05 bits per heavy atom. The summed E-state index contributed by atoms with van der Waals surface area (Å²) in [7, 11) is 1.64. The number of nitriles is 1. The van der Waals surface area contributed by atoms with Gasteiger partial charge in [0.25, 0.3) is 0 Å². The van der Waals surface area contributed by atoms with Crippen LogP contribution in [-0.4, -0.2) is 75.6 Å². The van der Waals surface area contributed by atoms with Crippen molar-refractivity contribution in [2.45, 2.75) is 26.0 Å². The van der Waals surface area contributed by atoms with Crippen molar-refractivity contribution < 1.29 is 14.6 Å². The Balaban J connectivity index is 1.29. The summed E-state index contributed by atoms with van der Waals surface area (Å²) < 4.78 is 12.7. The van der Waals surface area contributed by atoms with Gasteiger partial charge in [-0.25, -0.2) is 9.50 Å². The summed E-state index contributed by atoms with van der Waals surface area (Å²) in [5, 5.41) is 23.9. The molecule has 1 atom stereocenters. The molecule has 10 heteroatoms. The number of pyridine rings is 3. The molecule has 1 aliphatic rings. The van der Waals surface area contributed by atoms with Gasteiger partial charge in [0.1, 0.15) is 30.0 Å². The molecule has 1 fully saturated rings. The van der Waals surface area contributed by atoms with Gasteiger partial charge in [-0.1, -0.05) is 6.92 Å². The van der Waals surface area contributed by atoms with Gasteiger partial charge in [-0.3, -0.25) is 9.88 Å². The van der Waals surface area contributed by atoms with Crippen LogP contribution in [0.3, 0.4) is 0 Å². The summed E-state index contributed by atoms with van der Waals surface area (Å²) in [6, 6.07) is 12.1. The van der Waals surface area contributed by atoms with Crippen molar-refractivity contribution in [2.75, 3.05) is 44.8 Å². The molecule has 5 rings (SSSR count). The van der Waals surface area contributed by atoms with Crippen molar-refractivity contribution in [3.05, 3.63) is 66.4 Å². The van der Waals surface area contributed by atoms with Gasteiger partial charge in [-0.15, -0.1) is 0 Å². The lowest BCUT2D eigenvalue weighted by Crippen LogP contribution is -2.46. The molecule has 0 amide bonds. The lowest BCUT2D eigenvalue weighted by molar-refractivity contribution is 0.104. The number of anilines is 1. The van der Waals surface area contributed by atoms with Crippen LogP contribution in [0.25, 0.3) is 16.6 Å². The summed E-state index contributed by atoms with van der Waals surface area (Å²) >= 11 is 0. The molecule has 1 aliphatic heterocycles. The van der Waals surface area contributed by atoms with Crippen LogP contribution in [0.1, 0.15) is 24.6 Å². The Kier molecular flexibility index (Phi) is 7.67. The minimum absolute atomic E-state index is 0.186. The largest absolute Gasteiger partial charge is 0.495 e. The second kappa shape index (κ2) is 11.5. The molecule has 0 aliphatic carbocycles. The second-order valence-corrected chi connectivity index (χ2v) is 9.28. The number of methoxy groups -OCH3 is 1. The number of fused-ring (bicyclic) bond motifs is 1. The number of rotatable bonds is 9. The van der Waals surface area contributed by atoms with Crippen LogP contribution < -0.4 is 14.4 Å². The molecule has 5 heterocycles. The fourth-order valence-corrected chi connectivity index (χ4v) is 4.51. The lowest BCUT2D eigenvalue weighted by Gasteiger charge is -2.35. The standard InChI is InChI=1S/C28H31N7O3/c1-3-23(36)19-38-25-12-26(28-21(13-29)15-32-35(28)18-25)20-4-7-27(31-14-20)34-10-8-33(9-11-34)17-22-5-6-24(37-2)16-30-22/h4-7,12,14-16,18,23,36H,3,8-11,17,19H2,1-2H3. The van der Waals surface area contributed by atoms with Crippen molar-refractivity contribution in [2.24, 2.45) is 0 Å². The third kappa shape index (κ3) is 5.54. The van der Waals surface area contributed by atoms with Gasteiger partial charge < -0.3 is 19.5 Å². The first-order valence-electron chi connectivity index (χ1n) is 12.7. The average molecular weight is 514 g/mol. The summed E-state index contributed by atoms with van der Waals surface area (Å²) in [5.74, 6) is 2.25. The lowest BCUT2D eigenvalue weighted by atomic mass is 10.1. The second-order valence-electron chi connectivity index (χ2n) is 9.28. The first-order chi connectivity index (χ1) is 18.6. The molecule has 10 nitrogen and oxygen atoms in total. The number of ether oxygens (including phenoxy) is 2.